The third kappa shape index (κ3) is 14.5. The Kier molecular flexibility index (Phi) is 17.2. The summed E-state index contributed by atoms with van der Waals surface area (Å²) in [5.41, 5.74) is -4.60. The molecule has 4 rings (SSSR count). The molecule has 4 aliphatic rings. The minimum atomic E-state index is -2.30. The molecule has 11 heteroatoms. The molecule has 0 unspecified atom stereocenters. The van der Waals surface area contributed by atoms with Crippen molar-refractivity contribution in [2.24, 2.45) is 0 Å². The smallest absolute Gasteiger partial charge is 0.640 e. The van der Waals surface area contributed by atoms with E-state index in [1.165, 1.54) is 77.0 Å². The third-order valence-corrected chi connectivity index (χ3v) is 11.8. The topological polar surface area (TPSA) is 36.9 Å². The van der Waals surface area contributed by atoms with Crippen LogP contribution in [0.3, 0.4) is 0 Å². The SMILES string of the molecule is [Ni+2].[S-]P(=[SH+])(OC1CCCCC1)OC1CCCCC1.[S-]P(=[SH+])(OC1CCCCC1)OC1CCCCC1. The Labute approximate surface area is 245 Å². The molecule has 4 fully saturated rings. The normalized spacial score (nSPS) is 24.3. The van der Waals surface area contributed by atoms with Crippen molar-refractivity contribution in [2.45, 2.75) is 153 Å². The fourth-order valence-corrected chi connectivity index (χ4v) is 11.0. The Morgan fingerprint density at radius 3 is 0.743 bits per heavy atom. The summed E-state index contributed by atoms with van der Waals surface area (Å²) in [4.78, 5) is 0. The van der Waals surface area contributed by atoms with Crippen LogP contribution in [0.25, 0.3) is 0 Å². The monoisotopic (exact) mass is 646 g/mol. The maximum absolute atomic E-state index is 5.95. The molecular weight excluding hydrogens is 601 g/mol. The maximum Gasteiger partial charge on any atom is 2.00 e. The van der Waals surface area contributed by atoms with Crippen LogP contribution in [0.4, 0.5) is 0 Å². The quantitative estimate of drug-likeness (QED) is 0.0867. The van der Waals surface area contributed by atoms with Gasteiger partial charge in [0.15, 0.2) is 23.6 Å². The Bertz CT molecular complexity index is 562. The summed E-state index contributed by atoms with van der Waals surface area (Å²) >= 11 is 19.8. The van der Waals surface area contributed by atoms with Crippen LogP contribution in [0.2, 0.25) is 0 Å². The van der Waals surface area contributed by atoms with E-state index < -0.39 is 11.4 Å². The molecule has 0 aromatic carbocycles. The molecule has 0 aliphatic heterocycles. The average molecular weight is 648 g/mol. The molecule has 4 saturated carbocycles. The predicted octanol–water partition coefficient (Wildman–Crippen LogP) is 8.37. The van der Waals surface area contributed by atoms with Crippen LogP contribution < -0.4 is 0 Å². The van der Waals surface area contributed by atoms with Crippen LogP contribution in [-0.4, -0.2) is 24.4 Å². The summed E-state index contributed by atoms with van der Waals surface area (Å²) < 4.78 is 23.8. The Morgan fingerprint density at radius 1 is 0.400 bits per heavy atom. The molecule has 0 aromatic heterocycles. The second-order valence-electron chi connectivity index (χ2n) is 10.4. The van der Waals surface area contributed by atoms with E-state index in [1.54, 1.807) is 0 Å². The summed E-state index contributed by atoms with van der Waals surface area (Å²) in [6, 6.07) is 0. The summed E-state index contributed by atoms with van der Waals surface area (Å²) in [6.07, 6.45) is 25.7. The van der Waals surface area contributed by atoms with Gasteiger partial charge in [-0.2, -0.15) is 0 Å². The van der Waals surface area contributed by atoms with Crippen molar-refractivity contribution in [3.05, 3.63) is 0 Å². The zero-order valence-corrected chi connectivity index (χ0v) is 27.2. The molecule has 35 heavy (non-hydrogen) atoms. The predicted molar refractivity (Wildman–Crippen MR) is 158 cm³/mol. The van der Waals surface area contributed by atoms with E-state index in [1.807, 2.05) is 0 Å². The van der Waals surface area contributed by atoms with Crippen LogP contribution in [0, 0.1) is 0 Å². The molecular formula is C24H46NiO4P2S4+2. The van der Waals surface area contributed by atoms with Gasteiger partial charge in [-0.25, -0.2) is 0 Å². The molecule has 208 valence electrons. The van der Waals surface area contributed by atoms with E-state index in [2.05, 4.69) is 23.6 Å². The summed E-state index contributed by atoms with van der Waals surface area (Å²) in [5, 5.41) is 0. The van der Waals surface area contributed by atoms with Gasteiger partial charge in [0.05, 0.1) is 24.4 Å². The van der Waals surface area contributed by atoms with E-state index >= 15 is 0 Å². The fourth-order valence-electron chi connectivity index (χ4n) is 5.49. The van der Waals surface area contributed by atoms with Gasteiger partial charge in [-0.1, -0.05) is 77.0 Å². The molecule has 4 aliphatic carbocycles. The summed E-state index contributed by atoms with van der Waals surface area (Å²) in [5.74, 6) is 0. The molecule has 0 aromatic rings. The molecule has 0 spiro atoms. The zero-order chi connectivity index (χ0) is 24.3. The van der Waals surface area contributed by atoms with Crippen LogP contribution >= 0.6 is 11.4 Å². The molecule has 0 N–H and O–H groups in total. The van der Waals surface area contributed by atoms with Gasteiger partial charge in [-0.15, -0.1) is 0 Å². The Balaban J connectivity index is 0.000000240. The van der Waals surface area contributed by atoms with Crippen LogP contribution in [0.1, 0.15) is 128 Å². The van der Waals surface area contributed by atoms with Crippen molar-refractivity contribution >= 4 is 59.5 Å². The van der Waals surface area contributed by atoms with Crippen LogP contribution in [0.15, 0.2) is 0 Å². The largest absolute Gasteiger partial charge is 2.00 e. The van der Waals surface area contributed by atoms with Crippen LogP contribution in [0.5, 0.6) is 0 Å². The Hall–Kier alpha value is 2.33. The molecule has 4 nitrogen and oxygen atoms in total. The van der Waals surface area contributed by atoms with E-state index in [4.69, 9.17) is 42.6 Å². The number of hydrogen-bond donors (Lipinski definition) is 0. The second-order valence-corrected chi connectivity index (χ2v) is 20.8. The number of thiol groups is 2. The average Bonchev–Trinajstić information content (AvgIpc) is 2.81. The molecule has 0 radical (unpaired) electrons. The van der Waals surface area contributed by atoms with Gasteiger partial charge < -0.3 is 42.6 Å². The van der Waals surface area contributed by atoms with Crippen molar-refractivity contribution in [2.75, 3.05) is 0 Å². The van der Waals surface area contributed by atoms with Crippen molar-refractivity contribution < 1.29 is 34.6 Å². The first-order valence-electron chi connectivity index (χ1n) is 13.7. The fraction of sp³-hybridized carbons (Fsp3) is 1.00. The maximum atomic E-state index is 5.95. The molecule has 0 heterocycles. The van der Waals surface area contributed by atoms with Gasteiger partial charge in [-0.3, -0.25) is 0 Å². The third-order valence-electron chi connectivity index (χ3n) is 7.34. The van der Waals surface area contributed by atoms with E-state index in [-0.39, 0.29) is 16.5 Å². The zero-order valence-electron chi connectivity index (χ0n) is 21.0. The molecule has 0 amide bonds. The van der Waals surface area contributed by atoms with Crippen molar-refractivity contribution in [1.29, 1.82) is 0 Å². The standard InChI is InChI=1S/2C12H23O2PS2.Ni/c2*16-15(17,13-11-7-3-1-4-8-11)14-12-9-5-2-6-10-12;/h2*11-12H,1-10H2,(H,16,17);/q;;+2. The van der Waals surface area contributed by atoms with Gasteiger partial charge >= 0.3 is 16.5 Å². The minimum absolute atomic E-state index is 0. The first-order valence-corrected chi connectivity index (χ1v) is 21.3. The van der Waals surface area contributed by atoms with Gasteiger partial charge in [-0.05, 0) is 51.4 Å². The van der Waals surface area contributed by atoms with E-state index in [0.29, 0.717) is 24.4 Å². The van der Waals surface area contributed by atoms with Gasteiger partial charge in [0, 0.05) is 0 Å². The molecule has 0 saturated heterocycles. The summed E-state index contributed by atoms with van der Waals surface area (Å²) in [6.45, 7) is 0. The first-order chi connectivity index (χ1) is 16.3. The first kappa shape index (κ1) is 33.5. The van der Waals surface area contributed by atoms with Gasteiger partial charge in [0.25, 0.3) is 0 Å². The van der Waals surface area contributed by atoms with Crippen molar-refractivity contribution in [3.63, 3.8) is 0 Å². The number of rotatable bonds is 8. The molecule has 0 atom stereocenters. The Morgan fingerprint density at radius 2 is 0.571 bits per heavy atom. The summed E-state index contributed by atoms with van der Waals surface area (Å²) in [7, 11) is 0. The number of hydrogen-bond acceptors (Lipinski definition) is 6. The van der Waals surface area contributed by atoms with Crippen molar-refractivity contribution in [3.8, 4) is 0 Å². The van der Waals surface area contributed by atoms with Gasteiger partial charge in [0.2, 0.25) is 11.4 Å². The van der Waals surface area contributed by atoms with Gasteiger partial charge in [0.1, 0.15) is 0 Å². The minimum Gasteiger partial charge on any atom is -0.640 e. The van der Waals surface area contributed by atoms with Crippen molar-refractivity contribution in [1.82, 2.24) is 0 Å². The molecule has 0 bridgehead atoms. The second kappa shape index (κ2) is 17.9. The van der Waals surface area contributed by atoms with E-state index in [9.17, 15) is 0 Å². The van der Waals surface area contributed by atoms with Crippen LogP contribution in [-0.2, 0) is 82.7 Å². The van der Waals surface area contributed by atoms with E-state index in [0.717, 1.165) is 51.4 Å².